The third kappa shape index (κ3) is 2.35. The number of aromatic amines is 1. The summed E-state index contributed by atoms with van der Waals surface area (Å²) in [7, 11) is 0. The van der Waals surface area contributed by atoms with Gasteiger partial charge in [0.1, 0.15) is 0 Å². The Kier molecular flexibility index (Phi) is 3.01. The summed E-state index contributed by atoms with van der Waals surface area (Å²) < 4.78 is 0. The maximum Gasteiger partial charge on any atom is 0.258 e. The van der Waals surface area contributed by atoms with Crippen LogP contribution in [0.15, 0.2) is 47.5 Å². The molecule has 1 aromatic heterocycles. The Hall–Kier alpha value is -1.84. The van der Waals surface area contributed by atoms with Crippen molar-refractivity contribution in [2.45, 2.75) is 0 Å². The van der Waals surface area contributed by atoms with Gasteiger partial charge in [-0.05, 0) is 41.5 Å². The minimum absolute atomic E-state index is 0.152. The first kappa shape index (κ1) is 12.2. The van der Waals surface area contributed by atoms with Gasteiger partial charge in [-0.1, -0.05) is 29.3 Å². The van der Waals surface area contributed by atoms with Crippen LogP contribution in [0.3, 0.4) is 0 Å². The molecular formula is C14H8Cl2N2O. The van der Waals surface area contributed by atoms with Crippen LogP contribution < -0.4 is 5.56 Å². The smallest absolute Gasteiger partial charge is 0.258 e. The number of nitrogens with one attached hydrogen (secondary N) is 1. The maximum absolute atomic E-state index is 11.6. The lowest BCUT2D eigenvalue weighted by Crippen LogP contribution is -2.05. The number of nitrogens with zero attached hydrogens (tertiary/aromatic N) is 1. The molecule has 0 aliphatic carbocycles. The van der Waals surface area contributed by atoms with Gasteiger partial charge in [0.25, 0.3) is 5.56 Å². The molecule has 0 unspecified atom stereocenters. The van der Waals surface area contributed by atoms with E-state index in [1.807, 2.05) is 24.3 Å². The number of fused-ring (bicyclic) bond motifs is 1. The Morgan fingerprint density at radius 3 is 2.42 bits per heavy atom. The Labute approximate surface area is 118 Å². The molecule has 0 bridgehead atoms. The molecule has 1 N–H and O–H groups in total. The third-order valence-electron chi connectivity index (χ3n) is 2.84. The van der Waals surface area contributed by atoms with E-state index in [4.69, 9.17) is 23.2 Å². The maximum atomic E-state index is 11.6. The fourth-order valence-electron chi connectivity index (χ4n) is 1.97. The molecule has 0 fully saturated rings. The molecule has 0 aliphatic heterocycles. The normalized spacial score (nSPS) is 10.8. The van der Waals surface area contributed by atoms with Crippen molar-refractivity contribution in [3.63, 3.8) is 0 Å². The molecule has 94 valence electrons. The molecule has 2 aromatic carbocycles. The molecular weight excluding hydrogens is 283 g/mol. The second-order valence-corrected chi connectivity index (χ2v) is 4.99. The van der Waals surface area contributed by atoms with Gasteiger partial charge in [-0.3, -0.25) is 4.79 Å². The summed E-state index contributed by atoms with van der Waals surface area (Å²) in [6.45, 7) is 0. The minimum Gasteiger partial charge on any atom is -0.313 e. The van der Waals surface area contributed by atoms with Gasteiger partial charge < -0.3 is 4.98 Å². The Bertz CT molecular complexity index is 807. The van der Waals surface area contributed by atoms with Crippen LogP contribution in [0.1, 0.15) is 0 Å². The van der Waals surface area contributed by atoms with Gasteiger partial charge in [0, 0.05) is 10.0 Å². The summed E-state index contributed by atoms with van der Waals surface area (Å²) >= 11 is 12.0. The third-order valence-corrected chi connectivity index (χ3v) is 3.27. The lowest BCUT2D eigenvalue weighted by Gasteiger charge is -2.04. The molecule has 0 aliphatic rings. The van der Waals surface area contributed by atoms with Crippen molar-refractivity contribution >= 4 is 34.1 Å². The van der Waals surface area contributed by atoms with Crippen LogP contribution in [0.5, 0.6) is 0 Å². The van der Waals surface area contributed by atoms with Gasteiger partial charge >= 0.3 is 0 Å². The van der Waals surface area contributed by atoms with E-state index in [1.165, 1.54) is 6.33 Å². The number of H-pyrrole nitrogens is 1. The van der Waals surface area contributed by atoms with Crippen LogP contribution in [0.25, 0.3) is 22.0 Å². The van der Waals surface area contributed by atoms with E-state index in [9.17, 15) is 4.79 Å². The SMILES string of the molecule is O=c1[nH]cnc2cc(-c3cc(Cl)cc(Cl)c3)ccc12. The fraction of sp³-hybridized carbons (Fsp3) is 0. The summed E-state index contributed by atoms with van der Waals surface area (Å²) in [5.74, 6) is 0. The van der Waals surface area contributed by atoms with Crippen molar-refractivity contribution in [2.24, 2.45) is 0 Å². The summed E-state index contributed by atoms with van der Waals surface area (Å²) in [6, 6.07) is 10.7. The number of aromatic nitrogens is 2. The zero-order valence-corrected chi connectivity index (χ0v) is 11.2. The zero-order valence-electron chi connectivity index (χ0n) is 9.65. The first-order valence-electron chi connectivity index (χ1n) is 5.57. The number of hydrogen-bond acceptors (Lipinski definition) is 2. The van der Waals surface area contributed by atoms with Crippen molar-refractivity contribution in [1.82, 2.24) is 9.97 Å². The van der Waals surface area contributed by atoms with E-state index < -0.39 is 0 Å². The first-order chi connectivity index (χ1) is 9.13. The Morgan fingerprint density at radius 1 is 0.947 bits per heavy atom. The Morgan fingerprint density at radius 2 is 1.68 bits per heavy atom. The lowest BCUT2D eigenvalue weighted by atomic mass is 10.0. The molecule has 3 aromatic rings. The molecule has 3 rings (SSSR count). The molecule has 0 atom stereocenters. The van der Waals surface area contributed by atoms with Crippen molar-refractivity contribution < 1.29 is 0 Å². The van der Waals surface area contributed by atoms with Crippen LogP contribution in [-0.2, 0) is 0 Å². The number of hydrogen-bond donors (Lipinski definition) is 1. The molecule has 0 amide bonds. The van der Waals surface area contributed by atoms with Crippen LogP contribution in [-0.4, -0.2) is 9.97 Å². The first-order valence-corrected chi connectivity index (χ1v) is 6.33. The average Bonchev–Trinajstić information content (AvgIpc) is 2.37. The van der Waals surface area contributed by atoms with E-state index in [0.717, 1.165) is 11.1 Å². The zero-order chi connectivity index (χ0) is 13.4. The summed E-state index contributed by atoms with van der Waals surface area (Å²) in [5.41, 5.74) is 2.29. The van der Waals surface area contributed by atoms with Gasteiger partial charge in [-0.25, -0.2) is 4.98 Å². The molecule has 0 saturated heterocycles. The number of benzene rings is 2. The lowest BCUT2D eigenvalue weighted by molar-refractivity contribution is 1.17. The van der Waals surface area contributed by atoms with Crippen LogP contribution in [0, 0.1) is 0 Å². The summed E-state index contributed by atoms with van der Waals surface area (Å²) in [4.78, 5) is 18.3. The van der Waals surface area contributed by atoms with Gasteiger partial charge in [0.15, 0.2) is 0 Å². The molecule has 3 nitrogen and oxygen atoms in total. The van der Waals surface area contributed by atoms with E-state index in [0.29, 0.717) is 20.9 Å². The topological polar surface area (TPSA) is 45.8 Å². The predicted octanol–water partition coefficient (Wildman–Crippen LogP) is 3.90. The standard InChI is InChI=1S/C14H8Cl2N2O/c15-10-3-9(4-11(16)6-10)8-1-2-12-13(5-8)17-7-18-14(12)19/h1-7H,(H,17,18,19). The van der Waals surface area contributed by atoms with Crippen molar-refractivity contribution in [3.05, 3.63) is 63.1 Å². The molecule has 19 heavy (non-hydrogen) atoms. The van der Waals surface area contributed by atoms with E-state index in [-0.39, 0.29) is 5.56 Å². The van der Waals surface area contributed by atoms with E-state index in [1.54, 1.807) is 12.1 Å². The molecule has 1 heterocycles. The Balaban J connectivity index is 2.23. The molecule has 0 spiro atoms. The largest absolute Gasteiger partial charge is 0.313 e. The van der Waals surface area contributed by atoms with Crippen molar-refractivity contribution in [2.75, 3.05) is 0 Å². The second-order valence-electron chi connectivity index (χ2n) is 4.12. The minimum atomic E-state index is -0.152. The number of halogens is 2. The quantitative estimate of drug-likeness (QED) is 0.739. The van der Waals surface area contributed by atoms with Crippen molar-refractivity contribution in [3.8, 4) is 11.1 Å². The van der Waals surface area contributed by atoms with Crippen LogP contribution in [0.4, 0.5) is 0 Å². The number of rotatable bonds is 1. The van der Waals surface area contributed by atoms with Gasteiger partial charge in [-0.15, -0.1) is 0 Å². The highest BCUT2D eigenvalue weighted by Crippen LogP contribution is 2.28. The monoisotopic (exact) mass is 290 g/mol. The summed E-state index contributed by atoms with van der Waals surface area (Å²) in [5, 5.41) is 1.70. The summed E-state index contributed by atoms with van der Waals surface area (Å²) in [6.07, 6.45) is 1.39. The fourth-order valence-corrected chi connectivity index (χ4v) is 2.49. The van der Waals surface area contributed by atoms with Crippen molar-refractivity contribution in [1.29, 1.82) is 0 Å². The highest BCUT2D eigenvalue weighted by Gasteiger charge is 2.05. The van der Waals surface area contributed by atoms with Crippen LogP contribution >= 0.6 is 23.2 Å². The average molecular weight is 291 g/mol. The van der Waals surface area contributed by atoms with Gasteiger partial charge in [0.2, 0.25) is 0 Å². The van der Waals surface area contributed by atoms with Gasteiger partial charge in [0.05, 0.1) is 17.2 Å². The highest BCUT2D eigenvalue weighted by molar-refractivity contribution is 6.35. The van der Waals surface area contributed by atoms with E-state index >= 15 is 0 Å². The highest BCUT2D eigenvalue weighted by atomic mass is 35.5. The predicted molar refractivity (Wildman–Crippen MR) is 77.8 cm³/mol. The molecule has 0 radical (unpaired) electrons. The van der Waals surface area contributed by atoms with Crippen LogP contribution in [0.2, 0.25) is 10.0 Å². The van der Waals surface area contributed by atoms with E-state index in [2.05, 4.69) is 9.97 Å². The molecule has 5 heteroatoms. The van der Waals surface area contributed by atoms with Gasteiger partial charge in [-0.2, -0.15) is 0 Å². The second kappa shape index (κ2) is 4.68. The molecule has 0 saturated carbocycles.